The maximum atomic E-state index is 14.9. The van der Waals surface area contributed by atoms with Crippen LogP contribution in [0, 0.1) is 12.7 Å². The molecule has 4 aromatic heterocycles. The van der Waals surface area contributed by atoms with Gasteiger partial charge in [-0.2, -0.15) is 5.10 Å². The quantitative estimate of drug-likeness (QED) is 0.333. The number of hydrogen-bond acceptors (Lipinski definition) is 5. The van der Waals surface area contributed by atoms with Crippen molar-refractivity contribution in [2.45, 2.75) is 20.3 Å². The van der Waals surface area contributed by atoms with Gasteiger partial charge in [-0.1, -0.05) is 13.5 Å². The van der Waals surface area contributed by atoms with Crippen molar-refractivity contribution in [3.63, 3.8) is 0 Å². The van der Waals surface area contributed by atoms with Crippen LogP contribution in [0.3, 0.4) is 0 Å². The van der Waals surface area contributed by atoms with Gasteiger partial charge in [0.2, 0.25) is 0 Å². The number of nitrogens with zero attached hydrogens (tertiary/aromatic N) is 6. The first-order valence-corrected chi connectivity index (χ1v) is 10.4. The van der Waals surface area contributed by atoms with Crippen molar-refractivity contribution >= 4 is 22.7 Å². The van der Waals surface area contributed by atoms with Gasteiger partial charge >= 0.3 is 5.69 Å². The predicted octanol–water partition coefficient (Wildman–Crippen LogP) is 3.56. The number of rotatable bonds is 6. The van der Waals surface area contributed by atoms with Gasteiger partial charge in [-0.25, -0.2) is 9.18 Å². The number of aromatic nitrogens is 6. The van der Waals surface area contributed by atoms with Crippen molar-refractivity contribution in [2.24, 2.45) is 14.1 Å². The minimum atomic E-state index is -0.556. The molecule has 4 heterocycles. The van der Waals surface area contributed by atoms with E-state index in [-0.39, 0.29) is 11.4 Å². The van der Waals surface area contributed by atoms with E-state index >= 15 is 0 Å². The average molecular weight is 449 g/mol. The molecule has 9 heteroatoms. The molecule has 8 nitrogen and oxygen atoms in total. The molecule has 0 saturated carbocycles. The van der Waals surface area contributed by atoms with Crippen LogP contribution < -0.4 is 5.69 Å². The van der Waals surface area contributed by atoms with Crippen LogP contribution in [-0.4, -0.2) is 36.0 Å². The number of imidazole rings is 1. The molecule has 0 aromatic carbocycles. The highest BCUT2D eigenvalue weighted by Crippen LogP contribution is 2.28. The Balaban J connectivity index is 1.96. The SMILES string of the molecule is C=C(/C(=C\c1ncc2c(c1C)n(-c1c(F)cncc1CC)c(=O)n2C)OC)c1cnn(C)c1. The van der Waals surface area contributed by atoms with E-state index in [0.29, 0.717) is 45.6 Å². The van der Waals surface area contributed by atoms with Gasteiger partial charge in [0.15, 0.2) is 5.82 Å². The summed E-state index contributed by atoms with van der Waals surface area (Å²) in [5.74, 6) is -0.0492. The van der Waals surface area contributed by atoms with Crippen LogP contribution in [0.25, 0.3) is 28.4 Å². The maximum absolute atomic E-state index is 14.9. The highest BCUT2D eigenvalue weighted by atomic mass is 19.1. The normalized spacial score (nSPS) is 11.9. The molecule has 0 aliphatic carbocycles. The summed E-state index contributed by atoms with van der Waals surface area (Å²) in [6, 6.07) is 0. The van der Waals surface area contributed by atoms with Gasteiger partial charge in [0.1, 0.15) is 5.76 Å². The molecule has 0 spiro atoms. The predicted molar refractivity (Wildman–Crippen MR) is 125 cm³/mol. The Kier molecular flexibility index (Phi) is 5.71. The first-order chi connectivity index (χ1) is 15.8. The van der Waals surface area contributed by atoms with E-state index in [1.54, 1.807) is 43.5 Å². The molecular formula is C24H25FN6O2. The number of ether oxygens (including phenoxy) is 1. The van der Waals surface area contributed by atoms with E-state index in [0.717, 1.165) is 11.8 Å². The highest BCUT2D eigenvalue weighted by molar-refractivity contribution is 5.86. The first-order valence-electron chi connectivity index (χ1n) is 10.4. The number of methoxy groups -OCH3 is 1. The number of hydrogen-bond donors (Lipinski definition) is 0. The summed E-state index contributed by atoms with van der Waals surface area (Å²) in [4.78, 5) is 21.7. The van der Waals surface area contributed by atoms with Gasteiger partial charge in [0.05, 0.1) is 48.1 Å². The molecule has 0 fully saturated rings. The fourth-order valence-corrected chi connectivity index (χ4v) is 3.92. The molecule has 0 amide bonds. The molecule has 33 heavy (non-hydrogen) atoms. The molecule has 0 aliphatic heterocycles. The van der Waals surface area contributed by atoms with Crippen molar-refractivity contribution in [1.29, 1.82) is 0 Å². The third kappa shape index (κ3) is 3.65. The molecule has 0 unspecified atom stereocenters. The third-order valence-corrected chi connectivity index (χ3v) is 5.76. The molecule has 4 rings (SSSR count). The Morgan fingerprint density at radius 1 is 1.24 bits per heavy atom. The zero-order valence-electron chi connectivity index (χ0n) is 19.3. The van der Waals surface area contributed by atoms with Crippen LogP contribution in [0.2, 0.25) is 0 Å². The lowest BCUT2D eigenvalue weighted by molar-refractivity contribution is 0.314. The molecule has 0 saturated heterocycles. The number of allylic oxidation sites excluding steroid dienone is 1. The van der Waals surface area contributed by atoms with E-state index in [2.05, 4.69) is 21.6 Å². The summed E-state index contributed by atoms with van der Waals surface area (Å²) >= 11 is 0. The molecule has 0 N–H and O–H groups in total. The second-order valence-corrected chi connectivity index (χ2v) is 7.76. The molecule has 0 atom stereocenters. The topological polar surface area (TPSA) is 79.8 Å². The fraction of sp³-hybridized carbons (Fsp3) is 0.250. The number of aryl methyl sites for hydroxylation is 4. The summed E-state index contributed by atoms with van der Waals surface area (Å²) in [7, 11) is 5.02. The van der Waals surface area contributed by atoms with E-state index in [4.69, 9.17) is 4.74 Å². The lowest BCUT2D eigenvalue weighted by Gasteiger charge is -2.13. The molecule has 0 aliphatic rings. The third-order valence-electron chi connectivity index (χ3n) is 5.76. The largest absolute Gasteiger partial charge is 0.496 e. The minimum absolute atomic E-state index is 0.207. The van der Waals surface area contributed by atoms with Gasteiger partial charge in [0, 0.05) is 49.3 Å². The molecule has 170 valence electrons. The van der Waals surface area contributed by atoms with Gasteiger partial charge in [-0.05, 0) is 18.9 Å². The zero-order valence-corrected chi connectivity index (χ0v) is 19.3. The van der Waals surface area contributed by atoms with Crippen LogP contribution in [0.4, 0.5) is 4.39 Å². The fourth-order valence-electron chi connectivity index (χ4n) is 3.92. The second kappa shape index (κ2) is 8.50. The van der Waals surface area contributed by atoms with Crippen LogP contribution in [0.5, 0.6) is 0 Å². The first kappa shape index (κ1) is 22.2. The average Bonchev–Trinajstić information content (AvgIpc) is 3.35. The Morgan fingerprint density at radius 3 is 2.64 bits per heavy atom. The van der Waals surface area contributed by atoms with Crippen LogP contribution >= 0.6 is 0 Å². The van der Waals surface area contributed by atoms with Gasteiger partial charge < -0.3 is 4.74 Å². The van der Waals surface area contributed by atoms with Gasteiger partial charge in [0.25, 0.3) is 0 Å². The maximum Gasteiger partial charge on any atom is 0.333 e. The Hall–Kier alpha value is -4.01. The number of fused-ring (bicyclic) bond motifs is 1. The van der Waals surface area contributed by atoms with E-state index in [1.807, 2.05) is 27.1 Å². The zero-order chi connectivity index (χ0) is 23.9. The molecule has 0 radical (unpaired) electrons. The number of pyridine rings is 2. The standard InChI is InChI=1S/C24H25FN6O2/c1-7-16-9-26-11-18(25)23(16)31-22-15(3)19(27-12-20(22)30(5)24(31)32)8-21(33-6)14(2)17-10-28-29(4)13-17/h8-13H,2,7H2,1,3-6H3/b21-8+. The molecule has 0 bridgehead atoms. The van der Waals surface area contributed by atoms with E-state index in [1.165, 1.54) is 9.13 Å². The molecular weight excluding hydrogens is 423 g/mol. The van der Waals surface area contributed by atoms with Crippen LogP contribution in [-0.2, 0) is 25.3 Å². The van der Waals surface area contributed by atoms with Gasteiger partial charge in [-0.3, -0.25) is 23.8 Å². The minimum Gasteiger partial charge on any atom is -0.496 e. The lowest BCUT2D eigenvalue weighted by atomic mass is 10.1. The van der Waals surface area contributed by atoms with Crippen molar-refractivity contribution in [3.05, 3.63) is 82.0 Å². The number of halogens is 1. The van der Waals surface area contributed by atoms with Crippen LogP contribution in [0.1, 0.15) is 29.3 Å². The van der Waals surface area contributed by atoms with Crippen LogP contribution in [0.15, 0.2) is 48.1 Å². The van der Waals surface area contributed by atoms with E-state index < -0.39 is 5.82 Å². The lowest BCUT2D eigenvalue weighted by Crippen LogP contribution is -2.23. The van der Waals surface area contributed by atoms with Gasteiger partial charge in [-0.15, -0.1) is 0 Å². The summed E-state index contributed by atoms with van der Waals surface area (Å²) in [6.45, 7) is 7.87. The van der Waals surface area contributed by atoms with Crippen molar-refractivity contribution in [2.75, 3.05) is 7.11 Å². The smallest absolute Gasteiger partial charge is 0.333 e. The summed E-state index contributed by atoms with van der Waals surface area (Å²) in [5, 5.41) is 4.18. The van der Waals surface area contributed by atoms with Crippen molar-refractivity contribution < 1.29 is 9.13 Å². The van der Waals surface area contributed by atoms with Crippen molar-refractivity contribution in [1.82, 2.24) is 28.9 Å². The summed E-state index contributed by atoms with van der Waals surface area (Å²) in [5.41, 5.74) is 4.40. The highest BCUT2D eigenvalue weighted by Gasteiger charge is 2.22. The Morgan fingerprint density at radius 2 is 2.00 bits per heavy atom. The van der Waals surface area contributed by atoms with E-state index in [9.17, 15) is 9.18 Å². The second-order valence-electron chi connectivity index (χ2n) is 7.76. The Labute approximate surface area is 190 Å². The van der Waals surface area contributed by atoms with Crippen molar-refractivity contribution in [3.8, 4) is 5.69 Å². The molecule has 4 aromatic rings. The monoisotopic (exact) mass is 448 g/mol. The Bertz CT molecular complexity index is 1470. The summed E-state index contributed by atoms with van der Waals surface area (Å²) < 4.78 is 25.1. The summed E-state index contributed by atoms with van der Waals surface area (Å²) in [6.07, 6.45) is 10.1.